The third kappa shape index (κ3) is 5.51. The fraction of sp³-hybridized carbons (Fsp3) is 0.348. The van der Waals surface area contributed by atoms with Crippen LogP contribution in [0.2, 0.25) is 0 Å². The first-order valence-corrected chi connectivity index (χ1v) is 10.6. The Balaban J connectivity index is 1.50. The molecule has 0 aliphatic carbocycles. The molecule has 1 saturated heterocycles. The van der Waals surface area contributed by atoms with Crippen LogP contribution in [0.3, 0.4) is 0 Å². The first kappa shape index (κ1) is 22.8. The number of hydrogen-bond acceptors (Lipinski definition) is 6. The highest BCUT2D eigenvalue weighted by Gasteiger charge is 2.32. The van der Waals surface area contributed by atoms with Crippen molar-refractivity contribution in [3.8, 4) is 0 Å². The average molecular weight is 459 g/mol. The van der Waals surface area contributed by atoms with E-state index in [0.717, 1.165) is 24.2 Å². The fourth-order valence-corrected chi connectivity index (χ4v) is 3.95. The first-order valence-electron chi connectivity index (χ1n) is 10.6. The summed E-state index contributed by atoms with van der Waals surface area (Å²) >= 11 is 0. The zero-order valence-electron chi connectivity index (χ0n) is 18.0. The number of halogens is 3. The first-order chi connectivity index (χ1) is 15.8. The minimum atomic E-state index is -4.42. The summed E-state index contributed by atoms with van der Waals surface area (Å²) in [6, 6.07) is 13.0. The van der Waals surface area contributed by atoms with E-state index in [1.807, 2.05) is 35.2 Å². The lowest BCUT2D eigenvalue weighted by Gasteiger charge is -2.30. The number of carbonyl (C=O) groups is 1. The zero-order valence-corrected chi connectivity index (χ0v) is 18.0. The summed E-state index contributed by atoms with van der Waals surface area (Å²) in [5.41, 5.74) is 0.0722. The van der Waals surface area contributed by atoms with Crippen molar-refractivity contribution in [1.82, 2.24) is 15.0 Å². The molecular weight excluding hydrogens is 435 g/mol. The summed E-state index contributed by atoms with van der Waals surface area (Å²) < 4.78 is 43.6. The van der Waals surface area contributed by atoms with E-state index in [0.29, 0.717) is 43.6 Å². The Morgan fingerprint density at radius 2 is 1.88 bits per heavy atom. The number of amides is 1. The number of carbonyl (C=O) groups excluding carboxylic acids is 1. The molecule has 1 amide bonds. The van der Waals surface area contributed by atoms with Gasteiger partial charge in [-0.1, -0.05) is 35.5 Å². The Hall–Kier alpha value is -3.40. The minimum Gasteiger partial charge on any atom is -0.360 e. The predicted molar refractivity (Wildman–Crippen MR) is 117 cm³/mol. The van der Waals surface area contributed by atoms with Crippen LogP contribution < -0.4 is 10.2 Å². The van der Waals surface area contributed by atoms with Crippen LogP contribution in [0.25, 0.3) is 0 Å². The standard InChI is InChI=1S/C23H24F3N5O2/c1-16-14-19(29-33-16)28-22(32)21(17-6-3-2-4-7-17)31-11-5-10-30(12-13-31)20-9-8-18(15-27-20)23(24,25)26/h2-4,6-9,14-15,21H,5,10-13H2,1H3,(H,28,29,32)/t21-/m1/s1. The maximum Gasteiger partial charge on any atom is 0.417 e. The third-order valence-electron chi connectivity index (χ3n) is 5.54. The molecule has 7 nitrogen and oxygen atoms in total. The molecule has 1 aliphatic heterocycles. The Morgan fingerprint density at radius 3 is 2.52 bits per heavy atom. The molecule has 0 unspecified atom stereocenters. The summed E-state index contributed by atoms with van der Waals surface area (Å²) in [4.78, 5) is 21.3. The Bertz CT molecular complexity index is 1070. The van der Waals surface area contributed by atoms with Gasteiger partial charge >= 0.3 is 6.18 Å². The molecule has 1 N–H and O–H groups in total. The molecule has 4 rings (SSSR count). The van der Waals surface area contributed by atoms with Crippen molar-refractivity contribution < 1.29 is 22.5 Å². The van der Waals surface area contributed by atoms with Crippen LogP contribution in [0.5, 0.6) is 0 Å². The highest BCUT2D eigenvalue weighted by atomic mass is 19.4. The van der Waals surface area contributed by atoms with Gasteiger partial charge in [-0.2, -0.15) is 13.2 Å². The molecular formula is C23H24F3N5O2. The second-order valence-electron chi connectivity index (χ2n) is 7.90. The number of nitrogens with zero attached hydrogens (tertiary/aromatic N) is 4. The number of pyridine rings is 1. The summed E-state index contributed by atoms with van der Waals surface area (Å²) in [5.74, 6) is 1.21. The number of hydrogen-bond donors (Lipinski definition) is 1. The molecule has 1 aliphatic rings. The molecule has 1 aromatic carbocycles. The molecule has 1 fully saturated rings. The quantitative estimate of drug-likeness (QED) is 0.614. The van der Waals surface area contributed by atoms with Crippen molar-refractivity contribution in [1.29, 1.82) is 0 Å². The van der Waals surface area contributed by atoms with Gasteiger partial charge in [0.05, 0.1) is 5.56 Å². The van der Waals surface area contributed by atoms with Crippen LogP contribution in [-0.2, 0) is 11.0 Å². The Labute approximate surface area is 189 Å². The lowest BCUT2D eigenvalue weighted by Crippen LogP contribution is -2.39. The van der Waals surface area contributed by atoms with E-state index in [2.05, 4.69) is 20.4 Å². The summed E-state index contributed by atoms with van der Waals surface area (Å²) in [6.07, 6.45) is -2.83. The number of alkyl halides is 3. The number of anilines is 2. The number of rotatable bonds is 5. The van der Waals surface area contributed by atoms with E-state index in [9.17, 15) is 18.0 Å². The van der Waals surface area contributed by atoms with E-state index in [1.54, 1.807) is 13.0 Å². The molecule has 174 valence electrons. The van der Waals surface area contributed by atoms with Gasteiger partial charge in [0.25, 0.3) is 0 Å². The van der Waals surface area contributed by atoms with Crippen molar-refractivity contribution in [2.75, 3.05) is 36.4 Å². The average Bonchev–Trinajstić information content (AvgIpc) is 3.05. The van der Waals surface area contributed by atoms with E-state index in [-0.39, 0.29) is 5.91 Å². The normalized spacial score (nSPS) is 16.3. The second kappa shape index (κ2) is 9.62. The van der Waals surface area contributed by atoms with Crippen LogP contribution in [0, 0.1) is 6.92 Å². The van der Waals surface area contributed by atoms with E-state index in [1.165, 1.54) is 6.07 Å². The van der Waals surface area contributed by atoms with Crippen LogP contribution in [0.4, 0.5) is 24.8 Å². The van der Waals surface area contributed by atoms with Gasteiger partial charge in [0.1, 0.15) is 17.6 Å². The minimum absolute atomic E-state index is 0.226. The Morgan fingerprint density at radius 1 is 1.09 bits per heavy atom. The van der Waals surface area contributed by atoms with Gasteiger partial charge in [-0.05, 0) is 31.0 Å². The maximum absolute atomic E-state index is 13.2. The van der Waals surface area contributed by atoms with Gasteiger partial charge in [-0.25, -0.2) is 4.98 Å². The zero-order chi connectivity index (χ0) is 23.4. The van der Waals surface area contributed by atoms with Crippen LogP contribution in [0.15, 0.2) is 59.3 Å². The van der Waals surface area contributed by atoms with E-state index >= 15 is 0 Å². The summed E-state index contributed by atoms with van der Waals surface area (Å²) in [7, 11) is 0. The number of aryl methyl sites for hydroxylation is 1. The SMILES string of the molecule is Cc1cc(NC(=O)[C@@H](c2ccccc2)N2CCCN(c3ccc(C(F)(F)F)cn3)CC2)no1. The fourth-order valence-electron chi connectivity index (χ4n) is 3.95. The van der Waals surface area contributed by atoms with Gasteiger partial charge in [0.2, 0.25) is 5.91 Å². The smallest absolute Gasteiger partial charge is 0.360 e. The highest BCUT2D eigenvalue weighted by Crippen LogP contribution is 2.30. The van der Waals surface area contributed by atoms with Crippen molar-refractivity contribution in [3.63, 3.8) is 0 Å². The Kier molecular flexibility index (Phi) is 6.64. The number of benzene rings is 1. The largest absolute Gasteiger partial charge is 0.417 e. The second-order valence-corrected chi connectivity index (χ2v) is 7.90. The topological polar surface area (TPSA) is 74.5 Å². The monoisotopic (exact) mass is 459 g/mol. The van der Waals surface area contributed by atoms with Gasteiger partial charge < -0.3 is 14.7 Å². The van der Waals surface area contributed by atoms with Gasteiger partial charge in [-0.15, -0.1) is 0 Å². The molecule has 0 bridgehead atoms. The summed E-state index contributed by atoms with van der Waals surface area (Å²) in [5, 5.41) is 6.67. The molecule has 10 heteroatoms. The molecule has 1 atom stereocenters. The molecule has 0 radical (unpaired) electrons. The molecule has 0 saturated carbocycles. The number of aromatic nitrogens is 2. The summed E-state index contributed by atoms with van der Waals surface area (Å²) in [6.45, 7) is 4.07. The lowest BCUT2D eigenvalue weighted by molar-refractivity contribution is -0.137. The number of nitrogens with one attached hydrogen (secondary N) is 1. The van der Waals surface area contributed by atoms with Crippen molar-refractivity contribution in [2.45, 2.75) is 25.6 Å². The molecule has 0 spiro atoms. The van der Waals surface area contributed by atoms with Crippen molar-refractivity contribution >= 4 is 17.5 Å². The van der Waals surface area contributed by atoms with Gasteiger partial charge in [0.15, 0.2) is 5.82 Å². The van der Waals surface area contributed by atoms with E-state index < -0.39 is 17.8 Å². The molecule has 33 heavy (non-hydrogen) atoms. The van der Waals surface area contributed by atoms with Crippen LogP contribution in [0.1, 0.15) is 29.3 Å². The van der Waals surface area contributed by atoms with E-state index in [4.69, 9.17) is 4.52 Å². The lowest BCUT2D eigenvalue weighted by atomic mass is 10.0. The van der Waals surface area contributed by atoms with Crippen molar-refractivity contribution in [3.05, 3.63) is 71.6 Å². The van der Waals surface area contributed by atoms with Crippen molar-refractivity contribution in [2.24, 2.45) is 0 Å². The maximum atomic E-state index is 13.2. The van der Waals surface area contributed by atoms with Gasteiger partial charge in [-0.3, -0.25) is 9.69 Å². The van der Waals surface area contributed by atoms with Gasteiger partial charge in [0, 0.05) is 38.4 Å². The third-order valence-corrected chi connectivity index (χ3v) is 5.54. The molecule has 3 heterocycles. The molecule has 3 aromatic rings. The molecule has 2 aromatic heterocycles. The highest BCUT2D eigenvalue weighted by molar-refractivity contribution is 5.94. The van der Waals surface area contributed by atoms with Crippen LogP contribution >= 0.6 is 0 Å². The van der Waals surface area contributed by atoms with Crippen LogP contribution in [-0.4, -0.2) is 47.1 Å². The predicted octanol–water partition coefficient (Wildman–Crippen LogP) is 4.29.